The lowest BCUT2D eigenvalue weighted by atomic mass is 10.1. The number of nitrogens with zero attached hydrogens (tertiary/aromatic N) is 2. The number of carboxylic acid groups (broad SMARTS) is 1. The molecule has 0 atom stereocenters. The van der Waals surface area contributed by atoms with E-state index < -0.39 is 11.8 Å². The highest BCUT2D eigenvalue weighted by atomic mass is 19.1. The van der Waals surface area contributed by atoms with Crippen LogP contribution in [-0.2, 0) is 13.1 Å². The smallest absolute Gasteiger partial charge is 0.336 e. The molecule has 0 unspecified atom stereocenters. The monoisotopic (exact) mass is 274 g/mol. The summed E-state index contributed by atoms with van der Waals surface area (Å²) in [5.74, 6) is -1.66. The van der Waals surface area contributed by atoms with Crippen LogP contribution in [0.15, 0.2) is 42.6 Å². The third-order valence-electron chi connectivity index (χ3n) is 2.90. The number of pyridine rings is 1. The van der Waals surface area contributed by atoms with E-state index >= 15 is 0 Å². The Morgan fingerprint density at radius 3 is 2.75 bits per heavy atom. The van der Waals surface area contributed by atoms with E-state index in [1.165, 1.54) is 12.1 Å². The largest absolute Gasteiger partial charge is 0.478 e. The lowest BCUT2D eigenvalue weighted by Gasteiger charge is -2.17. The zero-order valence-corrected chi connectivity index (χ0v) is 11.1. The average Bonchev–Trinajstić information content (AvgIpc) is 2.41. The van der Waals surface area contributed by atoms with E-state index in [1.54, 1.807) is 6.20 Å². The predicted molar refractivity (Wildman–Crippen MR) is 72.8 cm³/mol. The molecule has 1 aromatic heterocycles. The van der Waals surface area contributed by atoms with Crippen molar-refractivity contribution in [2.45, 2.75) is 13.1 Å². The first-order valence-electron chi connectivity index (χ1n) is 6.16. The van der Waals surface area contributed by atoms with E-state index in [-0.39, 0.29) is 5.56 Å². The molecule has 1 heterocycles. The second-order valence-electron chi connectivity index (χ2n) is 4.60. The van der Waals surface area contributed by atoms with Crippen molar-refractivity contribution in [1.29, 1.82) is 0 Å². The number of benzene rings is 1. The summed E-state index contributed by atoms with van der Waals surface area (Å²) in [5.41, 5.74) is 1.48. The first-order valence-corrected chi connectivity index (χ1v) is 6.16. The molecule has 0 aliphatic rings. The minimum absolute atomic E-state index is 0.00197. The Balaban J connectivity index is 2.11. The van der Waals surface area contributed by atoms with Crippen LogP contribution in [-0.4, -0.2) is 28.0 Å². The molecule has 0 fully saturated rings. The number of aromatic nitrogens is 1. The molecule has 104 valence electrons. The number of halogens is 1. The fraction of sp³-hybridized carbons (Fsp3) is 0.200. The third-order valence-corrected chi connectivity index (χ3v) is 2.90. The van der Waals surface area contributed by atoms with Gasteiger partial charge in [0.25, 0.3) is 0 Å². The van der Waals surface area contributed by atoms with Gasteiger partial charge in [0, 0.05) is 19.3 Å². The molecular weight excluding hydrogens is 259 g/mol. The first-order chi connectivity index (χ1) is 9.56. The molecule has 0 bridgehead atoms. The van der Waals surface area contributed by atoms with Gasteiger partial charge in [0.2, 0.25) is 0 Å². The van der Waals surface area contributed by atoms with Crippen LogP contribution in [0.1, 0.15) is 21.6 Å². The van der Waals surface area contributed by atoms with Crippen LogP contribution in [0.5, 0.6) is 0 Å². The summed E-state index contributed by atoms with van der Waals surface area (Å²) >= 11 is 0. The van der Waals surface area contributed by atoms with Crippen LogP contribution in [0.25, 0.3) is 0 Å². The highest BCUT2D eigenvalue weighted by Crippen LogP contribution is 2.14. The Morgan fingerprint density at radius 2 is 2.10 bits per heavy atom. The molecule has 0 saturated carbocycles. The number of rotatable bonds is 5. The summed E-state index contributed by atoms with van der Waals surface area (Å²) in [6, 6.07) is 9.47. The van der Waals surface area contributed by atoms with Crippen LogP contribution in [0.2, 0.25) is 0 Å². The maximum absolute atomic E-state index is 13.1. The van der Waals surface area contributed by atoms with E-state index in [2.05, 4.69) is 4.98 Å². The summed E-state index contributed by atoms with van der Waals surface area (Å²) in [6.45, 7) is 1.01. The van der Waals surface area contributed by atoms with Gasteiger partial charge >= 0.3 is 5.97 Å². The zero-order valence-electron chi connectivity index (χ0n) is 11.1. The Labute approximate surface area is 116 Å². The summed E-state index contributed by atoms with van der Waals surface area (Å²) in [5, 5.41) is 9.10. The molecule has 1 N–H and O–H groups in total. The minimum Gasteiger partial charge on any atom is -0.478 e. The van der Waals surface area contributed by atoms with Crippen molar-refractivity contribution in [3.63, 3.8) is 0 Å². The molecule has 20 heavy (non-hydrogen) atoms. The van der Waals surface area contributed by atoms with E-state index in [9.17, 15) is 9.18 Å². The number of aromatic carboxylic acids is 1. The maximum Gasteiger partial charge on any atom is 0.336 e. The van der Waals surface area contributed by atoms with Crippen LogP contribution in [0, 0.1) is 5.82 Å². The van der Waals surface area contributed by atoms with Crippen molar-refractivity contribution in [1.82, 2.24) is 9.88 Å². The second-order valence-corrected chi connectivity index (χ2v) is 4.60. The summed E-state index contributed by atoms with van der Waals surface area (Å²) in [7, 11) is 1.86. The highest BCUT2D eigenvalue weighted by molar-refractivity contribution is 5.89. The van der Waals surface area contributed by atoms with Crippen LogP contribution >= 0.6 is 0 Å². The molecule has 0 amide bonds. The number of carboxylic acids is 1. The standard InChI is InChI=1S/C15H15FN2O2/c1-18(10-13-4-2-3-7-17-13)9-11-5-6-12(16)8-14(11)15(19)20/h2-8H,9-10H2,1H3,(H,19,20). The summed E-state index contributed by atoms with van der Waals surface area (Å²) in [4.78, 5) is 17.3. The topological polar surface area (TPSA) is 53.4 Å². The predicted octanol–water partition coefficient (Wildman–Crippen LogP) is 2.55. The van der Waals surface area contributed by atoms with Crippen molar-refractivity contribution >= 4 is 5.97 Å². The zero-order chi connectivity index (χ0) is 14.5. The molecule has 0 radical (unpaired) electrons. The summed E-state index contributed by atoms with van der Waals surface area (Å²) < 4.78 is 13.1. The van der Waals surface area contributed by atoms with Crippen LogP contribution in [0.3, 0.4) is 0 Å². The van der Waals surface area contributed by atoms with Crippen molar-refractivity contribution in [2.24, 2.45) is 0 Å². The molecular formula is C15H15FN2O2. The molecule has 0 saturated heterocycles. The lowest BCUT2D eigenvalue weighted by molar-refractivity contribution is 0.0694. The van der Waals surface area contributed by atoms with E-state index in [4.69, 9.17) is 5.11 Å². The maximum atomic E-state index is 13.1. The summed E-state index contributed by atoms with van der Waals surface area (Å²) in [6.07, 6.45) is 1.71. The van der Waals surface area contributed by atoms with Crippen molar-refractivity contribution in [3.8, 4) is 0 Å². The Kier molecular flexibility index (Phi) is 4.42. The van der Waals surface area contributed by atoms with Gasteiger partial charge < -0.3 is 5.11 Å². The first kappa shape index (κ1) is 14.1. The van der Waals surface area contributed by atoms with Gasteiger partial charge in [-0.15, -0.1) is 0 Å². The SMILES string of the molecule is CN(Cc1ccccn1)Cc1ccc(F)cc1C(=O)O. The van der Waals surface area contributed by atoms with Crippen LogP contribution < -0.4 is 0 Å². The quantitative estimate of drug-likeness (QED) is 0.910. The Hall–Kier alpha value is -2.27. The molecule has 5 heteroatoms. The van der Waals surface area contributed by atoms with Crippen molar-refractivity contribution in [2.75, 3.05) is 7.05 Å². The number of hydrogen-bond donors (Lipinski definition) is 1. The third kappa shape index (κ3) is 3.61. The number of hydrogen-bond acceptors (Lipinski definition) is 3. The fourth-order valence-electron chi connectivity index (χ4n) is 2.00. The van der Waals surface area contributed by atoms with E-state index in [0.717, 1.165) is 11.8 Å². The Bertz CT molecular complexity index is 602. The van der Waals surface area contributed by atoms with E-state index in [1.807, 2.05) is 30.1 Å². The van der Waals surface area contributed by atoms with Crippen molar-refractivity contribution < 1.29 is 14.3 Å². The van der Waals surface area contributed by atoms with Gasteiger partial charge in [-0.2, -0.15) is 0 Å². The normalized spacial score (nSPS) is 10.8. The van der Waals surface area contributed by atoms with Crippen molar-refractivity contribution in [3.05, 3.63) is 65.2 Å². The molecule has 2 aromatic rings. The van der Waals surface area contributed by atoms with E-state index in [0.29, 0.717) is 18.7 Å². The Morgan fingerprint density at radius 1 is 1.30 bits per heavy atom. The van der Waals surface area contributed by atoms with Gasteiger partial charge in [0.15, 0.2) is 0 Å². The molecule has 0 aliphatic heterocycles. The van der Waals surface area contributed by atoms with Gasteiger partial charge in [0.1, 0.15) is 5.82 Å². The van der Waals surface area contributed by atoms with Crippen LogP contribution in [0.4, 0.5) is 4.39 Å². The lowest BCUT2D eigenvalue weighted by Crippen LogP contribution is -2.19. The highest BCUT2D eigenvalue weighted by Gasteiger charge is 2.13. The second kappa shape index (κ2) is 6.25. The number of carbonyl (C=O) groups is 1. The van der Waals surface area contributed by atoms with Gasteiger partial charge in [-0.05, 0) is 36.9 Å². The van der Waals surface area contributed by atoms with Gasteiger partial charge in [-0.25, -0.2) is 9.18 Å². The molecule has 0 aliphatic carbocycles. The molecule has 0 spiro atoms. The molecule has 4 nitrogen and oxygen atoms in total. The van der Waals surface area contributed by atoms with Gasteiger partial charge in [-0.3, -0.25) is 9.88 Å². The molecule has 1 aromatic carbocycles. The molecule has 2 rings (SSSR count). The van der Waals surface area contributed by atoms with Gasteiger partial charge in [0.05, 0.1) is 11.3 Å². The average molecular weight is 274 g/mol. The minimum atomic E-state index is -1.12. The van der Waals surface area contributed by atoms with Gasteiger partial charge in [-0.1, -0.05) is 12.1 Å². The fourth-order valence-corrected chi connectivity index (χ4v) is 2.00.